The molecule has 23 heavy (non-hydrogen) atoms. The summed E-state index contributed by atoms with van der Waals surface area (Å²) in [4.78, 5) is 11.5. The van der Waals surface area contributed by atoms with Crippen molar-refractivity contribution in [3.63, 3.8) is 0 Å². The molecule has 2 rings (SSSR count). The molecule has 0 radical (unpaired) electrons. The normalized spacial score (nSPS) is 10.7. The average molecular weight is 353 g/mol. The number of unbranched alkanes of at least 4 members (excludes halogenated alkanes) is 1. The van der Waals surface area contributed by atoms with E-state index in [1.165, 1.54) is 0 Å². The van der Waals surface area contributed by atoms with Crippen molar-refractivity contribution in [1.29, 1.82) is 0 Å². The van der Waals surface area contributed by atoms with E-state index in [0.717, 1.165) is 30.8 Å². The Labute approximate surface area is 146 Å². The van der Waals surface area contributed by atoms with Gasteiger partial charge >= 0.3 is 0 Å². The number of hydrogen-bond donors (Lipinski definition) is 1. The second kappa shape index (κ2) is 8.26. The summed E-state index contributed by atoms with van der Waals surface area (Å²) in [6.45, 7) is 3.42. The molecule has 0 aliphatic carbocycles. The van der Waals surface area contributed by atoms with Gasteiger partial charge in [-0.2, -0.15) is 5.10 Å². The summed E-state index contributed by atoms with van der Waals surface area (Å²) >= 11 is 11.5. The standard InChI is InChI=1S/C16H21ClN4OS/c1-3-4-10-20-15(12-5-7-13(17)8-6-12)19-21(16(20)23)11-9-14(22)18-2/h5-8H,3-4,9-11H2,1-2H3,(H,18,22). The summed E-state index contributed by atoms with van der Waals surface area (Å²) in [6.07, 6.45) is 2.46. The minimum absolute atomic E-state index is 0.0250. The van der Waals surface area contributed by atoms with Gasteiger partial charge in [-0.15, -0.1) is 0 Å². The zero-order valence-electron chi connectivity index (χ0n) is 13.4. The minimum Gasteiger partial charge on any atom is -0.359 e. The topological polar surface area (TPSA) is 51.9 Å². The molecule has 1 heterocycles. The number of benzene rings is 1. The Balaban J connectivity index is 2.36. The van der Waals surface area contributed by atoms with Crippen LogP contribution >= 0.6 is 23.8 Å². The van der Waals surface area contributed by atoms with E-state index in [1.54, 1.807) is 11.7 Å². The van der Waals surface area contributed by atoms with Crippen LogP contribution in [0, 0.1) is 4.77 Å². The highest BCUT2D eigenvalue weighted by Gasteiger charge is 2.13. The third kappa shape index (κ3) is 4.42. The lowest BCUT2D eigenvalue weighted by Crippen LogP contribution is -2.20. The van der Waals surface area contributed by atoms with Crippen molar-refractivity contribution >= 4 is 29.7 Å². The summed E-state index contributed by atoms with van der Waals surface area (Å²) < 4.78 is 4.41. The van der Waals surface area contributed by atoms with Crippen LogP contribution in [0.1, 0.15) is 26.2 Å². The van der Waals surface area contributed by atoms with Gasteiger partial charge in [-0.05, 0) is 42.9 Å². The number of aromatic nitrogens is 3. The van der Waals surface area contributed by atoms with Crippen LogP contribution in [-0.2, 0) is 17.9 Å². The van der Waals surface area contributed by atoms with Crippen molar-refractivity contribution in [1.82, 2.24) is 19.7 Å². The number of carbonyl (C=O) groups excluding carboxylic acids is 1. The van der Waals surface area contributed by atoms with E-state index in [-0.39, 0.29) is 5.91 Å². The van der Waals surface area contributed by atoms with Crippen LogP contribution < -0.4 is 5.32 Å². The molecule has 0 unspecified atom stereocenters. The van der Waals surface area contributed by atoms with Gasteiger partial charge in [-0.1, -0.05) is 24.9 Å². The monoisotopic (exact) mass is 352 g/mol. The van der Waals surface area contributed by atoms with E-state index in [4.69, 9.17) is 23.8 Å². The molecule has 0 fully saturated rings. The van der Waals surface area contributed by atoms with E-state index in [2.05, 4.69) is 17.3 Å². The van der Waals surface area contributed by atoms with Crippen LogP contribution in [0.2, 0.25) is 5.02 Å². The summed E-state index contributed by atoms with van der Waals surface area (Å²) in [7, 11) is 1.63. The molecular formula is C16H21ClN4OS. The third-order valence-electron chi connectivity index (χ3n) is 3.59. The second-order valence-corrected chi connectivity index (χ2v) is 6.07. The van der Waals surface area contributed by atoms with Gasteiger partial charge in [0.05, 0.1) is 6.54 Å². The molecule has 0 aliphatic rings. The molecular weight excluding hydrogens is 332 g/mol. The number of halogens is 1. The number of nitrogens with one attached hydrogen (secondary N) is 1. The van der Waals surface area contributed by atoms with Gasteiger partial charge in [0.25, 0.3) is 0 Å². The quantitative estimate of drug-likeness (QED) is 0.773. The largest absolute Gasteiger partial charge is 0.359 e. The SMILES string of the molecule is CCCCn1c(-c2ccc(Cl)cc2)nn(CCC(=O)NC)c1=S. The maximum absolute atomic E-state index is 11.5. The molecule has 124 valence electrons. The summed E-state index contributed by atoms with van der Waals surface area (Å²) in [6, 6.07) is 7.55. The minimum atomic E-state index is -0.0250. The van der Waals surface area contributed by atoms with Gasteiger partial charge in [0.2, 0.25) is 5.91 Å². The maximum atomic E-state index is 11.5. The van der Waals surface area contributed by atoms with E-state index in [9.17, 15) is 4.79 Å². The van der Waals surface area contributed by atoms with Crippen LogP contribution in [0.3, 0.4) is 0 Å². The Morgan fingerprint density at radius 3 is 2.61 bits per heavy atom. The smallest absolute Gasteiger partial charge is 0.221 e. The predicted molar refractivity (Wildman–Crippen MR) is 95.1 cm³/mol. The molecule has 0 saturated heterocycles. The van der Waals surface area contributed by atoms with E-state index >= 15 is 0 Å². The van der Waals surface area contributed by atoms with Gasteiger partial charge in [0.1, 0.15) is 0 Å². The fourth-order valence-electron chi connectivity index (χ4n) is 2.25. The number of amides is 1. The lowest BCUT2D eigenvalue weighted by Gasteiger charge is -2.05. The molecule has 0 bridgehead atoms. The highest BCUT2D eigenvalue weighted by atomic mass is 35.5. The van der Waals surface area contributed by atoms with Crippen molar-refractivity contribution in [2.75, 3.05) is 7.05 Å². The molecule has 1 aromatic carbocycles. The second-order valence-electron chi connectivity index (χ2n) is 5.26. The molecule has 0 saturated carbocycles. The fourth-order valence-corrected chi connectivity index (χ4v) is 2.69. The maximum Gasteiger partial charge on any atom is 0.221 e. The lowest BCUT2D eigenvalue weighted by molar-refractivity contribution is -0.120. The van der Waals surface area contributed by atoms with Crippen molar-refractivity contribution in [2.45, 2.75) is 39.3 Å². The van der Waals surface area contributed by atoms with Gasteiger partial charge in [0, 0.05) is 30.6 Å². The number of rotatable bonds is 7. The Bertz CT molecular complexity index is 721. The highest BCUT2D eigenvalue weighted by molar-refractivity contribution is 7.71. The number of nitrogens with zero attached hydrogens (tertiary/aromatic N) is 3. The molecule has 1 amide bonds. The van der Waals surface area contributed by atoms with Gasteiger partial charge in [-0.25, -0.2) is 4.68 Å². The predicted octanol–water partition coefficient (Wildman–Crippen LogP) is 3.67. The summed E-state index contributed by atoms with van der Waals surface area (Å²) in [5, 5.41) is 7.92. The van der Waals surface area contributed by atoms with E-state index < -0.39 is 0 Å². The molecule has 1 aromatic heterocycles. The summed E-state index contributed by atoms with van der Waals surface area (Å²) in [5.74, 6) is 0.792. The molecule has 0 aliphatic heterocycles. The number of aryl methyl sites for hydroxylation is 1. The van der Waals surface area contributed by atoms with Crippen LogP contribution in [0.15, 0.2) is 24.3 Å². The number of carbonyl (C=O) groups is 1. The molecule has 5 nitrogen and oxygen atoms in total. The molecule has 0 spiro atoms. The Morgan fingerprint density at radius 2 is 2.00 bits per heavy atom. The van der Waals surface area contributed by atoms with Crippen LogP contribution in [0.25, 0.3) is 11.4 Å². The summed E-state index contributed by atoms with van der Waals surface area (Å²) in [5.41, 5.74) is 0.968. The van der Waals surface area contributed by atoms with Gasteiger partial charge in [0.15, 0.2) is 10.6 Å². The number of hydrogen-bond acceptors (Lipinski definition) is 3. The zero-order valence-corrected chi connectivity index (χ0v) is 15.0. The molecule has 0 atom stereocenters. The first kappa shape index (κ1) is 17.7. The van der Waals surface area contributed by atoms with Crippen LogP contribution in [-0.4, -0.2) is 27.3 Å². The molecule has 2 aromatic rings. The fraction of sp³-hybridized carbons (Fsp3) is 0.438. The Morgan fingerprint density at radius 1 is 1.30 bits per heavy atom. The van der Waals surface area contributed by atoms with E-state index in [1.807, 2.05) is 28.8 Å². The van der Waals surface area contributed by atoms with Crippen molar-refractivity contribution < 1.29 is 4.79 Å². The Kier molecular flexibility index (Phi) is 6.36. The highest BCUT2D eigenvalue weighted by Crippen LogP contribution is 2.21. The van der Waals surface area contributed by atoms with Crippen molar-refractivity contribution in [2.24, 2.45) is 0 Å². The molecule has 1 N–H and O–H groups in total. The molecule has 7 heteroatoms. The first-order valence-electron chi connectivity index (χ1n) is 7.71. The van der Waals surface area contributed by atoms with Gasteiger partial charge in [-0.3, -0.25) is 9.36 Å². The average Bonchev–Trinajstić information content (AvgIpc) is 2.87. The first-order chi connectivity index (χ1) is 11.1. The van der Waals surface area contributed by atoms with Crippen LogP contribution in [0.5, 0.6) is 0 Å². The van der Waals surface area contributed by atoms with Crippen LogP contribution in [0.4, 0.5) is 0 Å². The van der Waals surface area contributed by atoms with Crippen molar-refractivity contribution in [3.05, 3.63) is 34.1 Å². The van der Waals surface area contributed by atoms with E-state index in [0.29, 0.717) is 22.8 Å². The Hall–Kier alpha value is -1.66. The lowest BCUT2D eigenvalue weighted by atomic mass is 10.2. The van der Waals surface area contributed by atoms with Crippen molar-refractivity contribution in [3.8, 4) is 11.4 Å². The van der Waals surface area contributed by atoms with Gasteiger partial charge < -0.3 is 5.32 Å². The zero-order chi connectivity index (χ0) is 16.8. The first-order valence-corrected chi connectivity index (χ1v) is 8.49. The third-order valence-corrected chi connectivity index (χ3v) is 4.27.